The van der Waals surface area contributed by atoms with E-state index in [1.807, 2.05) is 12.1 Å². The normalized spacial score (nSPS) is 13.9. The van der Waals surface area contributed by atoms with E-state index >= 15 is 0 Å². The van der Waals surface area contributed by atoms with Gasteiger partial charge in [0.15, 0.2) is 0 Å². The molecule has 0 unspecified atom stereocenters. The van der Waals surface area contributed by atoms with E-state index in [9.17, 15) is 9.59 Å². The minimum Gasteiger partial charge on any atom is -0.480 e. The molecule has 0 aliphatic heterocycles. The molecule has 0 spiro atoms. The van der Waals surface area contributed by atoms with Gasteiger partial charge in [0.2, 0.25) is 0 Å². The number of nitrogens with zero attached hydrogens (tertiary/aromatic N) is 2. The highest BCUT2D eigenvalue weighted by molar-refractivity contribution is 5.80. The summed E-state index contributed by atoms with van der Waals surface area (Å²) in [6.45, 7) is 0.561. The maximum Gasteiger partial charge on any atom is 0.323 e. The molecule has 0 atom stereocenters. The van der Waals surface area contributed by atoms with Gasteiger partial charge in [0, 0.05) is 12.7 Å². The van der Waals surface area contributed by atoms with E-state index in [1.54, 1.807) is 12.3 Å². The first-order valence-electron chi connectivity index (χ1n) is 6.29. The summed E-state index contributed by atoms with van der Waals surface area (Å²) in [5.74, 6) is -0.534. The van der Waals surface area contributed by atoms with E-state index in [0.29, 0.717) is 19.0 Å². The first kappa shape index (κ1) is 13.3. The molecule has 1 aromatic heterocycles. The third kappa shape index (κ3) is 4.57. The number of aliphatic carboxylic acids is 1. The molecule has 0 aromatic carbocycles. The van der Waals surface area contributed by atoms with Gasteiger partial charge in [0.25, 0.3) is 0 Å². The Balaban J connectivity index is 1.85. The predicted molar refractivity (Wildman–Crippen MR) is 68.4 cm³/mol. The number of hydrogen-bond donors (Lipinski definition) is 2. The topological polar surface area (TPSA) is 82.5 Å². The van der Waals surface area contributed by atoms with Crippen molar-refractivity contribution >= 4 is 12.0 Å². The molecule has 1 heterocycles. The highest BCUT2D eigenvalue weighted by Gasteiger charge is 2.27. The van der Waals surface area contributed by atoms with E-state index in [-0.39, 0.29) is 12.6 Å². The molecule has 1 saturated carbocycles. The number of urea groups is 1. The fraction of sp³-hybridized carbons (Fsp3) is 0.462. The van der Waals surface area contributed by atoms with Crippen LogP contribution in [-0.2, 0) is 11.3 Å². The zero-order chi connectivity index (χ0) is 13.7. The second-order valence-electron chi connectivity index (χ2n) is 4.70. The van der Waals surface area contributed by atoms with Crippen LogP contribution in [0.4, 0.5) is 4.79 Å². The lowest BCUT2D eigenvalue weighted by Gasteiger charge is -2.20. The van der Waals surface area contributed by atoms with Crippen molar-refractivity contribution in [1.82, 2.24) is 15.2 Å². The van der Waals surface area contributed by atoms with Crippen LogP contribution in [0.3, 0.4) is 0 Å². The lowest BCUT2D eigenvalue weighted by molar-refractivity contribution is -0.137. The summed E-state index contributed by atoms with van der Waals surface area (Å²) >= 11 is 0. The number of aromatic nitrogens is 1. The summed E-state index contributed by atoms with van der Waals surface area (Å²) in [6.07, 6.45) is 3.80. The van der Waals surface area contributed by atoms with Crippen molar-refractivity contribution in [3.8, 4) is 0 Å². The van der Waals surface area contributed by atoms with E-state index in [4.69, 9.17) is 5.11 Å². The van der Waals surface area contributed by atoms with Gasteiger partial charge >= 0.3 is 12.0 Å². The third-order valence-electron chi connectivity index (χ3n) is 2.94. The number of carboxylic acid groups (broad SMARTS) is 1. The lowest BCUT2D eigenvalue weighted by atomic mass is 10.3. The smallest absolute Gasteiger partial charge is 0.323 e. The molecule has 6 heteroatoms. The number of carbonyl (C=O) groups excluding carboxylic acids is 1. The molecule has 1 fully saturated rings. The van der Waals surface area contributed by atoms with Gasteiger partial charge in [-0.05, 0) is 30.9 Å². The molecule has 1 aliphatic rings. The number of pyridine rings is 1. The summed E-state index contributed by atoms with van der Waals surface area (Å²) in [6, 6.07) is 5.10. The highest BCUT2D eigenvalue weighted by Crippen LogP contribution is 2.29. The summed E-state index contributed by atoms with van der Waals surface area (Å²) < 4.78 is 0. The Labute approximate surface area is 111 Å². The molecule has 1 aromatic rings. The van der Waals surface area contributed by atoms with Crippen LogP contribution in [0.5, 0.6) is 0 Å². The van der Waals surface area contributed by atoms with E-state index < -0.39 is 5.97 Å². The Kier molecular flexibility index (Phi) is 4.33. The van der Waals surface area contributed by atoms with Crippen LogP contribution in [0, 0.1) is 5.92 Å². The van der Waals surface area contributed by atoms with Crippen molar-refractivity contribution in [3.05, 3.63) is 30.1 Å². The van der Waals surface area contributed by atoms with Crippen molar-refractivity contribution in [2.75, 3.05) is 13.1 Å². The summed E-state index contributed by atoms with van der Waals surface area (Å²) in [7, 11) is 0. The fourth-order valence-electron chi connectivity index (χ4n) is 1.78. The second-order valence-corrected chi connectivity index (χ2v) is 4.70. The predicted octanol–water partition coefficient (Wildman–Crippen LogP) is 1.09. The SMILES string of the molecule is O=C(O)CN(CC1CC1)C(=O)NCc1ccccn1. The number of hydrogen-bond acceptors (Lipinski definition) is 3. The lowest BCUT2D eigenvalue weighted by Crippen LogP contribution is -2.43. The first-order chi connectivity index (χ1) is 9.15. The van der Waals surface area contributed by atoms with Crippen molar-refractivity contribution in [2.45, 2.75) is 19.4 Å². The van der Waals surface area contributed by atoms with Crippen molar-refractivity contribution in [2.24, 2.45) is 5.92 Å². The van der Waals surface area contributed by atoms with Gasteiger partial charge in [-0.25, -0.2) is 4.79 Å². The maximum atomic E-state index is 11.9. The molecule has 0 saturated heterocycles. The molecule has 0 bridgehead atoms. The summed E-state index contributed by atoms with van der Waals surface area (Å²) in [5.41, 5.74) is 0.748. The molecular weight excluding hydrogens is 246 g/mol. The zero-order valence-electron chi connectivity index (χ0n) is 10.6. The number of carboxylic acids is 1. The van der Waals surface area contributed by atoms with Gasteiger partial charge in [-0.15, -0.1) is 0 Å². The molecule has 2 N–H and O–H groups in total. The quantitative estimate of drug-likeness (QED) is 0.804. The number of amides is 2. The Hall–Kier alpha value is -2.11. The van der Waals surface area contributed by atoms with Gasteiger partial charge < -0.3 is 15.3 Å². The van der Waals surface area contributed by atoms with Crippen LogP contribution in [0.15, 0.2) is 24.4 Å². The van der Waals surface area contributed by atoms with Crippen molar-refractivity contribution < 1.29 is 14.7 Å². The minimum absolute atomic E-state index is 0.259. The van der Waals surface area contributed by atoms with Crippen LogP contribution in [0.1, 0.15) is 18.5 Å². The molecule has 0 radical (unpaired) electrons. The number of carbonyl (C=O) groups is 2. The molecular formula is C13H17N3O3. The van der Waals surface area contributed by atoms with E-state index in [1.165, 1.54) is 4.90 Å². The Morgan fingerprint density at radius 3 is 2.79 bits per heavy atom. The Morgan fingerprint density at radius 2 is 2.21 bits per heavy atom. The maximum absolute atomic E-state index is 11.9. The second kappa shape index (κ2) is 6.17. The van der Waals surface area contributed by atoms with E-state index in [2.05, 4.69) is 10.3 Å². The minimum atomic E-state index is -0.992. The molecule has 102 valence electrons. The van der Waals surface area contributed by atoms with Gasteiger partial charge in [0.05, 0.1) is 12.2 Å². The standard InChI is InChI=1S/C13H17N3O3/c17-12(18)9-16(8-10-4-5-10)13(19)15-7-11-3-1-2-6-14-11/h1-3,6,10H,4-5,7-9H2,(H,15,19)(H,17,18). The van der Waals surface area contributed by atoms with Gasteiger partial charge in [-0.1, -0.05) is 6.07 Å². The summed E-state index contributed by atoms with van der Waals surface area (Å²) in [5, 5.41) is 11.5. The van der Waals surface area contributed by atoms with Crippen LogP contribution in [0.2, 0.25) is 0 Å². The largest absolute Gasteiger partial charge is 0.480 e. The molecule has 2 amide bonds. The van der Waals surface area contributed by atoms with Crippen LogP contribution < -0.4 is 5.32 Å². The average Bonchev–Trinajstić information content (AvgIpc) is 3.20. The van der Waals surface area contributed by atoms with Crippen LogP contribution in [0.25, 0.3) is 0 Å². The molecule has 2 rings (SSSR count). The highest BCUT2D eigenvalue weighted by atomic mass is 16.4. The summed E-state index contributed by atoms with van der Waals surface area (Å²) in [4.78, 5) is 28.1. The molecule has 6 nitrogen and oxygen atoms in total. The first-order valence-corrected chi connectivity index (χ1v) is 6.29. The van der Waals surface area contributed by atoms with Crippen LogP contribution in [-0.4, -0.2) is 40.1 Å². The molecule has 19 heavy (non-hydrogen) atoms. The van der Waals surface area contributed by atoms with Gasteiger partial charge in [-0.3, -0.25) is 9.78 Å². The average molecular weight is 263 g/mol. The zero-order valence-corrected chi connectivity index (χ0v) is 10.6. The molecule has 1 aliphatic carbocycles. The van der Waals surface area contributed by atoms with Crippen LogP contribution >= 0.6 is 0 Å². The Morgan fingerprint density at radius 1 is 1.42 bits per heavy atom. The fourth-order valence-corrected chi connectivity index (χ4v) is 1.78. The Bertz CT molecular complexity index is 446. The third-order valence-corrected chi connectivity index (χ3v) is 2.94. The number of rotatable bonds is 6. The van der Waals surface area contributed by atoms with Gasteiger partial charge in [-0.2, -0.15) is 0 Å². The van der Waals surface area contributed by atoms with Crippen molar-refractivity contribution in [3.63, 3.8) is 0 Å². The number of nitrogens with one attached hydrogen (secondary N) is 1. The van der Waals surface area contributed by atoms with Gasteiger partial charge in [0.1, 0.15) is 6.54 Å². The monoisotopic (exact) mass is 263 g/mol. The van der Waals surface area contributed by atoms with E-state index in [0.717, 1.165) is 18.5 Å². The van der Waals surface area contributed by atoms with Crippen molar-refractivity contribution in [1.29, 1.82) is 0 Å².